The Morgan fingerprint density at radius 1 is 1.09 bits per heavy atom. The highest BCUT2D eigenvalue weighted by atomic mass is 32.2. The summed E-state index contributed by atoms with van der Waals surface area (Å²) in [5.41, 5.74) is 4.29. The largest absolute Gasteiger partial charge is 0.270 e. The highest BCUT2D eigenvalue weighted by Gasteiger charge is 2.33. The van der Waals surface area contributed by atoms with E-state index in [9.17, 15) is 4.79 Å². The molecule has 2 nitrogen and oxygen atoms in total. The second-order valence-electron chi connectivity index (χ2n) is 5.45. The van der Waals surface area contributed by atoms with Crippen molar-refractivity contribution in [1.29, 1.82) is 0 Å². The van der Waals surface area contributed by atoms with E-state index >= 15 is 0 Å². The molecule has 2 aromatic rings. The SMILES string of the molecule is CCc1ccc(N2C(=O)/C(=C\c3ccc(C)cc3)SC2=S)cc1. The van der Waals surface area contributed by atoms with E-state index in [-0.39, 0.29) is 5.91 Å². The number of thiocarbonyl (C=S) groups is 1. The van der Waals surface area contributed by atoms with Crippen molar-refractivity contribution in [3.05, 3.63) is 70.1 Å². The molecule has 0 saturated carbocycles. The van der Waals surface area contributed by atoms with Crippen LogP contribution in [0.3, 0.4) is 0 Å². The maximum Gasteiger partial charge on any atom is 0.270 e. The molecule has 0 aliphatic carbocycles. The summed E-state index contributed by atoms with van der Waals surface area (Å²) in [4.78, 5) is 15.0. The van der Waals surface area contributed by atoms with E-state index in [0.29, 0.717) is 9.23 Å². The first-order valence-corrected chi connectivity index (χ1v) is 8.74. The molecule has 0 radical (unpaired) electrons. The standard InChI is InChI=1S/C19H17NOS2/c1-3-14-8-10-16(11-9-14)20-18(21)17(23-19(20)22)12-15-6-4-13(2)5-7-15/h4-12H,3H2,1-2H3/b17-12+. The van der Waals surface area contributed by atoms with Crippen molar-refractivity contribution in [2.24, 2.45) is 0 Å². The zero-order chi connectivity index (χ0) is 16.4. The van der Waals surface area contributed by atoms with E-state index < -0.39 is 0 Å². The van der Waals surface area contributed by atoms with Gasteiger partial charge in [0, 0.05) is 0 Å². The van der Waals surface area contributed by atoms with Gasteiger partial charge in [0.15, 0.2) is 4.32 Å². The van der Waals surface area contributed by atoms with Gasteiger partial charge in [-0.25, -0.2) is 0 Å². The number of benzene rings is 2. The molecule has 4 heteroatoms. The molecule has 1 heterocycles. The van der Waals surface area contributed by atoms with Crippen molar-refractivity contribution in [3.8, 4) is 0 Å². The number of anilines is 1. The molecular weight excluding hydrogens is 322 g/mol. The Morgan fingerprint density at radius 3 is 2.35 bits per heavy atom. The number of thioether (sulfide) groups is 1. The lowest BCUT2D eigenvalue weighted by atomic mass is 10.1. The summed E-state index contributed by atoms with van der Waals surface area (Å²) in [5, 5.41) is 0. The van der Waals surface area contributed by atoms with Crippen LogP contribution in [0.15, 0.2) is 53.4 Å². The zero-order valence-corrected chi connectivity index (χ0v) is 14.7. The van der Waals surface area contributed by atoms with Crippen LogP contribution in [-0.4, -0.2) is 10.2 Å². The monoisotopic (exact) mass is 339 g/mol. The Labute approximate surface area is 146 Å². The summed E-state index contributed by atoms with van der Waals surface area (Å²) in [6.45, 7) is 4.15. The van der Waals surface area contributed by atoms with Crippen LogP contribution in [0.4, 0.5) is 5.69 Å². The third-order valence-corrected chi connectivity index (χ3v) is 5.07. The van der Waals surface area contributed by atoms with Crippen LogP contribution in [0, 0.1) is 6.92 Å². The van der Waals surface area contributed by atoms with Gasteiger partial charge in [0.05, 0.1) is 10.6 Å². The molecular formula is C19H17NOS2. The van der Waals surface area contributed by atoms with Gasteiger partial charge in [-0.15, -0.1) is 0 Å². The fraction of sp³-hybridized carbons (Fsp3) is 0.158. The average Bonchev–Trinajstić information content (AvgIpc) is 2.84. The first-order chi connectivity index (χ1) is 11.1. The van der Waals surface area contributed by atoms with Gasteiger partial charge in [-0.2, -0.15) is 0 Å². The Morgan fingerprint density at radius 2 is 1.74 bits per heavy atom. The molecule has 0 unspecified atom stereocenters. The van der Waals surface area contributed by atoms with Gasteiger partial charge in [0.2, 0.25) is 0 Å². The van der Waals surface area contributed by atoms with Crippen LogP contribution in [0.5, 0.6) is 0 Å². The van der Waals surface area contributed by atoms with Gasteiger partial charge in [-0.3, -0.25) is 9.69 Å². The number of rotatable bonds is 3. The first kappa shape index (κ1) is 16.0. The lowest BCUT2D eigenvalue weighted by Crippen LogP contribution is -2.27. The van der Waals surface area contributed by atoms with Crippen LogP contribution in [0.25, 0.3) is 6.08 Å². The van der Waals surface area contributed by atoms with E-state index in [1.54, 1.807) is 4.90 Å². The highest BCUT2D eigenvalue weighted by molar-refractivity contribution is 8.27. The summed E-state index contributed by atoms with van der Waals surface area (Å²) in [6.07, 6.45) is 2.88. The Bertz CT molecular complexity index is 776. The van der Waals surface area contributed by atoms with Crippen LogP contribution < -0.4 is 4.90 Å². The van der Waals surface area contributed by atoms with Crippen LogP contribution in [0.1, 0.15) is 23.6 Å². The third-order valence-electron chi connectivity index (χ3n) is 3.77. The quantitative estimate of drug-likeness (QED) is 0.582. The predicted octanol–water partition coefficient (Wildman–Crippen LogP) is 4.96. The summed E-state index contributed by atoms with van der Waals surface area (Å²) in [7, 11) is 0. The smallest absolute Gasteiger partial charge is 0.268 e. The summed E-state index contributed by atoms with van der Waals surface area (Å²) >= 11 is 6.76. The molecule has 0 N–H and O–H groups in total. The summed E-state index contributed by atoms with van der Waals surface area (Å²) < 4.78 is 0.581. The average molecular weight is 339 g/mol. The maximum absolute atomic E-state index is 12.7. The van der Waals surface area contributed by atoms with Crippen molar-refractivity contribution in [2.75, 3.05) is 4.90 Å². The molecule has 0 spiro atoms. The third kappa shape index (κ3) is 3.38. The van der Waals surface area contributed by atoms with Gasteiger partial charge < -0.3 is 0 Å². The second-order valence-corrected chi connectivity index (χ2v) is 7.12. The van der Waals surface area contributed by atoms with Crippen molar-refractivity contribution < 1.29 is 4.79 Å². The minimum absolute atomic E-state index is 0.0511. The van der Waals surface area contributed by atoms with E-state index in [0.717, 1.165) is 17.7 Å². The lowest BCUT2D eigenvalue weighted by molar-refractivity contribution is -0.113. The normalized spacial score (nSPS) is 16.4. The van der Waals surface area contributed by atoms with Gasteiger partial charge in [0.25, 0.3) is 5.91 Å². The number of amides is 1. The highest BCUT2D eigenvalue weighted by Crippen LogP contribution is 2.36. The van der Waals surface area contributed by atoms with Crippen molar-refractivity contribution in [3.63, 3.8) is 0 Å². The van der Waals surface area contributed by atoms with Gasteiger partial charge >= 0.3 is 0 Å². The lowest BCUT2D eigenvalue weighted by Gasteiger charge is -2.14. The molecule has 1 aliphatic heterocycles. The number of carbonyl (C=O) groups is 1. The van der Waals surface area contributed by atoms with Gasteiger partial charge in [-0.1, -0.05) is 72.9 Å². The fourth-order valence-corrected chi connectivity index (χ4v) is 3.68. The molecule has 0 atom stereocenters. The molecule has 1 fully saturated rings. The van der Waals surface area contributed by atoms with E-state index in [2.05, 4.69) is 6.92 Å². The Hall–Kier alpha value is -1.91. The molecule has 116 valence electrons. The predicted molar refractivity (Wildman–Crippen MR) is 103 cm³/mol. The summed E-state index contributed by atoms with van der Waals surface area (Å²) in [5.74, 6) is -0.0511. The zero-order valence-electron chi connectivity index (χ0n) is 13.1. The molecule has 23 heavy (non-hydrogen) atoms. The fourth-order valence-electron chi connectivity index (χ4n) is 2.39. The number of carbonyl (C=O) groups excluding carboxylic acids is 1. The van der Waals surface area contributed by atoms with Crippen molar-refractivity contribution in [1.82, 2.24) is 0 Å². The molecule has 2 aromatic carbocycles. The maximum atomic E-state index is 12.7. The van der Waals surface area contributed by atoms with Gasteiger partial charge in [0.1, 0.15) is 0 Å². The molecule has 3 rings (SSSR count). The Kier molecular flexibility index (Phi) is 4.64. The van der Waals surface area contributed by atoms with E-state index in [1.807, 2.05) is 61.5 Å². The molecule has 1 aliphatic rings. The molecule has 0 bridgehead atoms. The van der Waals surface area contributed by atoms with Crippen molar-refractivity contribution >= 4 is 46.0 Å². The minimum Gasteiger partial charge on any atom is -0.268 e. The minimum atomic E-state index is -0.0511. The molecule has 0 aromatic heterocycles. The van der Waals surface area contributed by atoms with E-state index in [4.69, 9.17) is 12.2 Å². The number of hydrogen-bond acceptors (Lipinski definition) is 3. The Balaban J connectivity index is 1.88. The van der Waals surface area contributed by atoms with Crippen molar-refractivity contribution in [2.45, 2.75) is 20.3 Å². The molecule has 1 saturated heterocycles. The molecule has 1 amide bonds. The van der Waals surface area contributed by atoms with Crippen LogP contribution in [-0.2, 0) is 11.2 Å². The van der Waals surface area contributed by atoms with Crippen LogP contribution >= 0.6 is 24.0 Å². The first-order valence-electron chi connectivity index (χ1n) is 7.52. The van der Waals surface area contributed by atoms with Gasteiger partial charge in [-0.05, 0) is 42.7 Å². The van der Waals surface area contributed by atoms with Crippen LogP contribution in [0.2, 0.25) is 0 Å². The second kappa shape index (κ2) is 6.69. The topological polar surface area (TPSA) is 20.3 Å². The number of hydrogen-bond donors (Lipinski definition) is 0. The number of aryl methyl sites for hydroxylation is 2. The number of nitrogens with zero attached hydrogens (tertiary/aromatic N) is 1. The van der Waals surface area contributed by atoms with E-state index in [1.165, 1.54) is 22.9 Å². The summed E-state index contributed by atoms with van der Waals surface area (Å²) in [6, 6.07) is 16.1.